The van der Waals surface area contributed by atoms with Gasteiger partial charge in [0.1, 0.15) is 13.0 Å². The first-order chi connectivity index (χ1) is 11.9. The normalized spacial score (nSPS) is 18.5. The second kappa shape index (κ2) is 8.59. The Labute approximate surface area is 157 Å². The molecule has 1 fully saturated rings. The van der Waals surface area contributed by atoms with Crippen molar-refractivity contribution >= 4 is 23.3 Å². The fourth-order valence-electron chi connectivity index (χ4n) is 2.97. The first kappa shape index (κ1) is 22.0. The number of hydrogen-bond donors (Lipinski definition) is 0. The van der Waals surface area contributed by atoms with Crippen LogP contribution in [0.1, 0.15) is 41.0 Å². The van der Waals surface area contributed by atoms with Gasteiger partial charge < -0.3 is 4.90 Å². The van der Waals surface area contributed by atoms with Crippen LogP contribution in [-0.2, 0) is 14.4 Å². The van der Waals surface area contributed by atoms with Crippen LogP contribution in [0.5, 0.6) is 0 Å². The number of hydrogen-bond acceptors (Lipinski definition) is 4. The molecule has 6 nitrogen and oxygen atoms in total. The van der Waals surface area contributed by atoms with Crippen molar-refractivity contribution in [1.29, 1.82) is 0 Å². The van der Waals surface area contributed by atoms with E-state index >= 15 is 0 Å². The molecule has 1 unspecified atom stereocenters. The smallest absolute Gasteiger partial charge is 0.331 e. The predicted molar refractivity (Wildman–Crippen MR) is 102 cm³/mol. The van der Waals surface area contributed by atoms with Gasteiger partial charge in [0.2, 0.25) is 11.5 Å². The summed E-state index contributed by atoms with van der Waals surface area (Å²) in [6.45, 7) is 10.0. The molecule has 144 valence electrons. The van der Waals surface area contributed by atoms with Crippen LogP contribution in [0.2, 0.25) is 0 Å². The fraction of sp³-hybridized carbons (Fsp3) is 0.700. The number of carbonyl (C=O) groups is 3. The number of carbonyl (C=O) groups excluding carboxylic acids is 3. The summed E-state index contributed by atoms with van der Waals surface area (Å²) in [4.78, 5) is 40.5. The molecule has 0 aromatic heterocycles. The summed E-state index contributed by atoms with van der Waals surface area (Å²) in [5.41, 5.74) is 0.111. The monoisotopic (exact) mass is 362 g/mol. The van der Waals surface area contributed by atoms with Crippen molar-refractivity contribution in [3.63, 3.8) is 0 Å². The number of nitrogens with zero attached hydrogens (tertiary/aromatic N) is 3. The van der Waals surface area contributed by atoms with E-state index in [2.05, 4.69) is 11.8 Å². The van der Waals surface area contributed by atoms with Crippen molar-refractivity contribution < 1.29 is 19.0 Å². The third kappa shape index (κ3) is 5.25. The van der Waals surface area contributed by atoms with Gasteiger partial charge in [0.05, 0.1) is 5.54 Å². The molecule has 26 heavy (non-hydrogen) atoms. The Bertz CT molecular complexity index is 678. The predicted octanol–water partition coefficient (Wildman–Crippen LogP) is 1.03. The zero-order chi connectivity index (χ0) is 20.2. The van der Waals surface area contributed by atoms with Gasteiger partial charge in [0.15, 0.2) is 0 Å². The minimum Gasteiger partial charge on any atom is -0.331 e. The van der Waals surface area contributed by atoms with E-state index in [0.29, 0.717) is 25.2 Å². The fourth-order valence-corrected chi connectivity index (χ4v) is 2.97. The van der Waals surface area contributed by atoms with Gasteiger partial charge in [-0.2, -0.15) is 4.58 Å². The Morgan fingerprint density at radius 2 is 1.81 bits per heavy atom. The summed E-state index contributed by atoms with van der Waals surface area (Å²) in [6.07, 6.45) is 0.594. The minimum atomic E-state index is -0.395. The summed E-state index contributed by atoms with van der Waals surface area (Å²) in [7, 11) is 5.47. The number of amides is 2. The van der Waals surface area contributed by atoms with Gasteiger partial charge in [-0.05, 0) is 40.3 Å². The average molecular weight is 362 g/mol. The molecule has 0 spiro atoms. The highest BCUT2D eigenvalue weighted by Gasteiger charge is 2.38. The molecule has 1 rings (SSSR count). The third-order valence-electron chi connectivity index (χ3n) is 5.02. The molecule has 6 heteroatoms. The largest absolute Gasteiger partial charge is 0.391 e. The SMILES string of the molecule is CC(=O)C(C(C)C)=[N+](C)C(=O)C1CCN(C(=O)C#CC(C)(C)N(C)C)C1. The molecule has 0 aliphatic carbocycles. The quantitative estimate of drug-likeness (QED) is 0.426. The van der Waals surface area contributed by atoms with E-state index < -0.39 is 5.54 Å². The molecule has 1 saturated heterocycles. The molecule has 0 aromatic carbocycles. The zero-order valence-corrected chi connectivity index (χ0v) is 17.3. The van der Waals surface area contributed by atoms with Gasteiger partial charge in [0.25, 0.3) is 5.91 Å². The van der Waals surface area contributed by atoms with E-state index in [-0.39, 0.29) is 29.4 Å². The van der Waals surface area contributed by atoms with E-state index in [1.165, 1.54) is 11.5 Å². The summed E-state index contributed by atoms with van der Waals surface area (Å²) in [6, 6.07) is 0. The molecule has 2 amide bonds. The van der Waals surface area contributed by atoms with Crippen LogP contribution in [-0.4, -0.2) is 77.5 Å². The molecular weight excluding hydrogens is 330 g/mol. The Balaban J connectivity index is 2.88. The number of Topliss-reactive ketones (excluding diaryl/α,β-unsaturated/α-hetero) is 1. The first-order valence-corrected chi connectivity index (χ1v) is 9.03. The Kier molecular flexibility index (Phi) is 7.28. The van der Waals surface area contributed by atoms with Gasteiger partial charge in [-0.25, -0.2) is 4.79 Å². The van der Waals surface area contributed by atoms with E-state index in [9.17, 15) is 14.4 Å². The number of ketones is 1. The van der Waals surface area contributed by atoms with Gasteiger partial charge >= 0.3 is 5.91 Å². The van der Waals surface area contributed by atoms with Crippen molar-refractivity contribution in [3.05, 3.63) is 0 Å². The number of likely N-dealkylation sites (tertiary alicyclic amines) is 1. The summed E-state index contributed by atoms with van der Waals surface area (Å²) >= 11 is 0. The van der Waals surface area contributed by atoms with E-state index in [1.807, 2.05) is 46.7 Å². The molecular formula is C20H32N3O3+. The van der Waals surface area contributed by atoms with Crippen LogP contribution in [0, 0.1) is 23.7 Å². The van der Waals surface area contributed by atoms with Crippen molar-refractivity contribution in [2.24, 2.45) is 11.8 Å². The molecule has 0 radical (unpaired) electrons. The Morgan fingerprint density at radius 1 is 1.23 bits per heavy atom. The van der Waals surface area contributed by atoms with Crippen molar-refractivity contribution in [3.8, 4) is 11.8 Å². The second-order valence-electron chi connectivity index (χ2n) is 7.93. The molecule has 0 aromatic rings. The first-order valence-electron chi connectivity index (χ1n) is 9.03. The third-order valence-corrected chi connectivity index (χ3v) is 5.02. The maximum Gasteiger partial charge on any atom is 0.391 e. The molecule has 0 bridgehead atoms. The molecule has 1 aliphatic rings. The van der Waals surface area contributed by atoms with Crippen LogP contribution in [0.4, 0.5) is 0 Å². The summed E-state index contributed by atoms with van der Waals surface area (Å²) in [5, 5.41) is 0. The van der Waals surface area contributed by atoms with Gasteiger partial charge in [-0.1, -0.05) is 19.8 Å². The lowest BCUT2D eigenvalue weighted by atomic mass is 10.0. The lowest BCUT2D eigenvalue weighted by Gasteiger charge is -2.26. The molecule has 1 atom stereocenters. The van der Waals surface area contributed by atoms with Gasteiger partial charge in [-0.15, -0.1) is 0 Å². The maximum atomic E-state index is 12.7. The highest BCUT2D eigenvalue weighted by Crippen LogP contribution is 2.18. The Hall–Kier alpha value is -2.00. The molecule has 1 aliphatic heterocycles. The Morgan fingerprint density at radius 3 is 2.27 bits per heavy atom. The number of rotatable bonds is 4. The lowest BCUT2D eigenvalue weighted by Crippen LogP contribution is -2.38. The average Bonchev–Trinajstić information content (AvgIpc) is 3.00. The van der Waals surface area contributed by atoms with E-state index in [4.69, 9.17) is 0 Å². The van der Waals surface area contributed by atoms with Crippen LogP contribution in [0.3, 0.4) is 0 Å². The molecule has 0 N–H and O–H groups in total. The second-order valence-corrected chi connectivity index (χ2v) is 7.93. The lowest BCUT2D eigenvalue weighted by molar-refractivity contribution is -0.424. The maximum absolute atomic E-state index is 12.7. The summed E-state index contributed by atoms with van der Waals surface area (Å²) in [5.74, 6) is 4.92. The van der Waals surface area contributed by atoms with E-state index in [1.54, 1.807) is 11.9 Å². The van der Waals surface area contributed by atoms with E-state index in [0.717, 1.165) is 0 Å². The highest BCUT2D eigenvalue weighted by atomic mass is 16.2. The highest BCUT2D eigenvalue weighted by molar-refractivity contribution is 6.38. The van der Waals surface area contributed by atoms with Crippen LogP contribution >= 0.6 is 0 Å². The minimum absolute atomic E-state index is 0.0280. The van der Waals surface area contributed by atoms with Crippen LogP contribution < -0.4 is 0 Å². The van der Waals surface area contributed by atoms with Crippen LogP contribution in [0.25, 0.3) is 0 Å². The topological polar surface area (TPSA) is 60.7 Å². The van der Waals surface area contributed by atoms with Crippen molar-refractivity contribution in [2.45, 2.75) is 46.6 Å². The summed E-state index contributed by atoms with van der Waals surface area (Å²) < 4.78 is 1.46. The molecule has 0 saturated carbocycles. The van der Waals surface area contributed by atoms with Crippen molar-refractivity contribution in [2.75, 3.05) is 34.2 Å². The van der Waals surface area contributed by atoms with Crippen molar-refractivity contribution in [1.82, 2.24) is 9.80 Å². The molecule has 1 heterocycles. The van der Waals surface area contributed by atoms with Gasteiger partial charge in [-0.3, -0.25) is 14.5 Å². The van der Waals surface area contributed by atoms with Gasteiger partial charge in [0, 0.05) is 25.9 Å². The van der Waals surface area contributed by atoms with Crippen LogP contribution in [0.15, 0.2) is 0 Å². The zero-order valence-electron chi connectivity index (χ0n) is 17.3. The standard InChI is InChI=1S/C20H32N3O3/c1-14(2)18(15(3)24)22(8)19(26)16-10-12-23(13-16)17(25)9-11-20(4,5)21(6)7/h14,16H,10,12-13H2,1-8H3/q+1.